The predicted molar refractivity (Wildman–Crippen MR) is 58.5 cm³/mol. The largest absolute Gasteiger partial charge is 0.349 e. The summed E-state index contributed by atoms with van der Waals surface area (Å²) < 4.78 is 0. The van der Waals surface area contributed by atoms with Gasteiger partial charge in [-0.05, 0) is 12.1 Å². The Balaban J connectivity index is 2.26. The molecule has 0 spiro atoms. The molecule has 2 N–H and O–H groups in total. The molecule has 0 fully saturated rings. The maximum atomic E-state index is 5.93. The number of nitrogens with two attached hydrogens (primary N) is 1. The average Bonchev–Trinajstić information content (AvgIpc) is 2.71. The Kier molecular flexibility index (Phi) is 2.70. The number of nitrogens with zero attached hydrogens (tertiary/aromatic N) is 2. The molecule has 0 amide bonds. The Hall–Kier alpha value is -1.06. The molecule has 3 nitrogen and oxygen atoms in total. The van der Waals surface area contributed by atoms with Crippen LogP contribution in [-0.2, 0) is 6.54 Å². The van der Waals surface area contributed by atoms with E-state index in [1.54, 1.807) is 0 Å². The van der Waals surface area contributed by atoms with Crippen LogP contribution < -0.4 is 10.6 Å². The molecule has 2 rings (SSSR count). The van der Waals surface area contributed by atoms with Gasteiger partial charge in [0.25, 0.3) is 0 Å². The van der Waals surface area contributed by atoms with Gasteiger partial charge in [-0.3, -0.25) is 0 Å². The van der Waals surface area contributed by atoms with Crippen molar-refractivity contribution in [1.82, 2.24) is 4.98 Å². The molecule has 0 aliphatic carbocycles. The highest BCUT2D eigenvalue weighted by atomic mass is 35.5. The highest BCUT2D eigenvalue weighted by Gasteiger charge is 2.10. The Bertz CT molecular complexity index is 354. The SMILES string of the molecule is NCc1nc(N2CC=CC2)ccc1Cl. The van der Waals surface area contributed by atoms with Crippen LogP contribution in [-0.4, -0.2) is 18.1 Å². The van der Waals surface area contributed by atoms with Gasteiger partial charge in [0.05, 0.1) is 10.7 Å². The maximum Gasteiger partial charge on any atom is 0.129 e. The molecule has 1 aromatic heterocycles. The molecule has 0 saturated heterocycles. The molecule has 0 aromatic carbocycles. The van der Waals surface area contributed by atoms with Crippen molar-refractivity contribution >= 4 is 17.4 Å². The van der Waals surface area contributed by atoms with E-state index < -0.39 is 0 Å². The highest BCUT2D eigenvalue weighted by molar-refractivity contribution is 6.31. The number of anilines is 1. The van der Waals surface area contributed by atoms with Crippen molar-refractivity contribution < 1.29 is 0 Å². The van der Waals surface area contributed by atoms with Crippen LogP contribution >= 0.6 is 11.6 Å². The summed E-state index contributed by atoms with van der Waals surface area (Å²) in [5.74, 6) is 0.944. The van der Waals surface area contributed by atoms with Gasteiger partial charge in [0.15, 0.2) is 0 Å². The highest BCUT2D eigenvalue weighted by Crippen LogP contribution is 2.20. The summed E-state index contributed by atoms with van der Waals surface area (Å²) in [6, 6.07) is 3.78. The zero-order valence-electron chi connectivity index (χ0n) is 7.78. The van der Waals surface area contributed by atoms with E-state index in [0.29, 0.717) is 11.6 Å². The van der Waals surface area contributed by atoms with Crippen molar-refractivity contribution in [2.75, 3.05) is 18.0 Å². The zero-order valence-corrected chi connectivity index (χ0v) is 8.54. The molecule has 1 aliphatic rings. The van der Waals surface area contributed by atoms with E-state index >= 15 is 0 Å². The van der Waals surface area contributed by atoms with E-state index in [1.165, 1.54) is 0 Å². The fourth-order valence-corrected chi connectivity index (χ4v) is 1.64. The Morgan fingerprint density at radius 1 is 1.36 bits per heavy atom. The van der Waals surface area contributed by atoms with Gasteiger partial charge >= 0.3 is 0 Å². The zero-order chi connectivity index (χ0) is 9.97. The summed E-state index contributed by atoms with van der Waals surface area (Å²) in [4.78, 5) is 6.56. The first-order valence-corrected chi connectivity index (χ1v) is 4.94. The minimum Gasteiger partial charge on any atom is -0.349 e. The van der Waals surface area contributed by atoms with Crippen molar-refractivity contribution in [2.24, 2.45) is 5.73 Å². The van der Waals surface area contributed by atoms with E-state index in [4.69, 9.17) is 17.3 Å². The normalized spacial score (nSPS) is 15.1. The van der Waals surface area contributed by atoms with Gasteiger partial charge in [-0.15, -0.1) is 0 Å². The second kappa shape index (κ2) is 3.98. The lowest BCUT2D eigenvalue weighted by molar-refractivity contribution is 0.925. The number of hydrogen-bond acceptors (Lipinski definition) is 3. The van der Waals surface area contributed by atoms with Crippen LogP contribution in [0.3, 0.4) is 0 Å². The van der Waals surface area contributed by atoms with Gasteiger partial charge in [-0.2, -0.15) is 0 Å². The molecule has 1 aromatic rings. The van der Waals surface area contributed by atoms with Gasteiger partial charge < -0.3 is 10.6 Å². The Labute approximate surface area is 88.2 Å². The van der Waals surface area contributed by atoms with E-state index in [0.717, 1.165) is 24.6 Å². The molecule has 0 bridgehead atoms. The van der Waals surface area contributed by atoms with Crippen LogP contribution in [0.4, 0.5) is 5.82 Å². The molecule has 0 atom stereocenters. The average molecular weight is 210 g/mol. The van der Waals surface area contributed by atoms with Crippen LogP contribution in [0.1, 0.15) is 5.69 Å². The predicted octanol–water partition coefficient (Wildman–Crippen LogP) is 1.57. The third kappa shape index (κ3) is 1.74. The minimum absolute atomic E-state index is 0.383. The number of halogens is 1. The van der Waals surface area contributed by atoms with Crippen molar-refractivity contribution in [2.45, 2.75) is 6.54 Å². The van der Waals surface area contributed by atoms with E-state index in [1.807, 2.05) is 12.1 Å². The minimum atomic E-state index is 0.383. The van der Waals surface area contributed by atoms with Gasteiger partial charge in [-0.25, -0.2) is 4.98 Å². The number of rotatable bonds is 2. The molecule has 2 heterocycles. The molecule has 0 radical (unpaired) electrons. The number of hydrogen-bond donors (Lipinski definition) is 1. The number of pyridine rings is 1. The summed E-state index contributed by atoms with van der Waals surface area (Å²) in [6.07, 6.45) is 4.25. The Morgan fingerprint density at radius 2 is 2.07 bits per heavy atom. The van der Waals surface area contributed by atoms with Crippen LogP contribution in [0.15, 0.2) is 24.3 Å². The molecule has 14 heavy (non-hydrogen) atoms. The standard InChI is InChI=1S/C10H12ClN3/c11-8-3-4-10(13-9(8)7-12)14-5-1-2-6-14/h1-4H,5-7,12H2. The molecule has 1 aliphatic heterocycles. The van der Waals surface area contributed by atoms with E-state index in [-0.39, 0.29) is 0 Å². The summed E-state index contributed by atoms with van der Waals surface area (Å²) in [5.41, 5.74) is 6.30. The van der Waals surface area contributed by atoms with Gasteiger partial charge in [0.1, 0.15) is 5.82 Å². The third-order valence-corrected chi connectivity index (χ3v) is 2.58. The molecule has 4 heteroatoms. The second-order valence-corrected chi connectivity index (χ2v) is 3.59. The van der Waals surface area contributed by atoms with Crippen LogP contribution in [0.25, 0.3) is 0 Å². The third-order valence-electron chi connectivity index (χ3n) is 2.24. The lowest BCUT2D eigenvalue weighted by Gasteiger charge is -2.17. The van der Waals surface area contributed by atoms with Crippen molar-refractivity contribution in [3.63, 3.8) is 0 Å². The van der Waals surface area contributed by atoms with Crippen molar-refractivity contribution in [3.8, 4) is 0 Å². The maximum absolute atomic E-state index is 5.93. The van der Waals surface area contributed by atoms with Gasteiger partial charge in [0, 0.05) is 19.6 Å². The molecular weight excluding hydrogens is 198 g/mol. The fourth-order valence-electron chi connectivity index (χ4n) is 1.46. The molecule has 74 valence electrons. The monoisotopic (exact) mass is 209 g/mol. The van der Waals surface area contributed by atoms with Crippen molar-refractivity contribution in [3.05, 3.63) is 35.0 Å². The fraction of sp³-hybridized carbons (Fsp3) is 0.300. The summed E-state index contributed by atoms with van der Waals surface area (Å²) in [5, 5.41) is 0.642. The summed E-state index contributed by atoms with van der Waals surface area (Å²) >= 11 is 5.93. The van der Waals surface area contributed by atoms with Crippen LogP contribution in [0, 0.1) is 0 Å². The first kappa shape index (κ1) is 9.49. The van der Waals surface area contributed by atoms with Gasteiger partial charge in [-0.1, -0.05) is 23.8 Å². The smallest absolute Gasteiger partial charge is 0.129 e. The first-order chi connectivity index (χ1) is 6.81. The quantitative estimate of drug-likeness (QED) is 0.752. The van der Waals surface area contributed by atoms with Gasteiger partial charge in [0.2, 0.25) is 0 Å². The number of aromatic nitrogens is 1. The molecule has 0 saturated carbocycles. The van der Waals surface area contributed by atoms with Crippen molar-refractivity contribution in [1.29, 1.82) is 0 Å². The van der Waals surface area contributed by atoms with Crippen LogP contribution in [0.5, 0.6) is 0 Å². The summed E-state index contributed by atoms with van der Waals surface area (Å²) in [7, 11) is 0. The lowest BCUT2D eigenvalue weighted by atomic mass is 10.3. The first-order valence-electron chi connectivity index (χ1n) is 4.56. The molecule has 0 unspecified atom stereocenters. The lowest BCUT2D eigenvalue weighted by Crippen LogP contribution is -2.20. The van der Waals surface area contributed by atoms with Crippen LogP contribution in [0.2, 0.25) is 5.02 Å². The van der Waals surface area contributed by atoms with E-state index in [2.05, 4.69) is 22.0 Å². The Morgan fingerprint density at radius 3 is 2.71 bits per heavy atom. The topological polar surface area (TPSA) is 42.1 Å². The summed E-state index contributed by atoms with van der Waals surface area (Å²) in [6.45, 7) is 2.21. The molecular formula is C10H12ClN3. The second-order valence-electron chi connectivity index (χ2n) is 3.18. The van der Waals surface area contributed by atoms with E-state index in [9.17, 15) is 0 Å².